The number of hydrogen-bond donors (Lipinski definition) is 3. The van der Waals surface area contributed by atoms with Gasteiger partial charge < -0.3 is 15.3 Å². The second-order valence-corrected chi connectivity index (χ2v) is 5.92. The van der Waals surface area contributed by atoms with Gasteiger partial charge in [-0.3, -0.25) is 9.59 Å². The van der Waals surface area contributed by atoms with E-state index in [4.69, 9.17) is 0 Å². The average Bonchev–Trinajstić information content (AvgIpc) is 2.93. The van der Waals surface area contributed by atoms with Crippen molar-refractivity contribution in [1.29, 1.82) is 0 Å². The molecule has 0 aliphatic rings. The van der Waals surface area contributed by atoms with Gasteiger partial charge in [-0.2, -0.15) is 0 Å². The summed E-state index contributed by atoms with van der Waals surface area (Å²) in [6.07, 6.45) is 0. The SMILES string of the molecule is Cc1cc(=O)[nH]c(SCC(=O)NCc2nc3ccccc3[nH]2)n1. The molecule has 0 saturated carbocycles. The van der Waals surface area contributed by atoms with Crippen LogP contribution in [0.25, 0.3) is 11.0 Å². The first-order valence-electron chi connectivity index (χ1n) is 7.01. The summed E-state index contributed by atoms with van der Waals surface area (Å²) in [4.78, 5) is 37.5. The molecular weight excluding hydrogens is 314 g/mol. The molecule has 0 unspecified atom stereocenters. The van der Waals surface area contributed by atoms with Gasteiger partial charge in [-0.25, -0.2) is 9.97 Å². The van der Waals surface area contributed by atoms with Gasteiger partial charge in [0.15, 0.2) is 5.16 Å². The number of nitrogens with zero attached hydrogens (tertiary/aromatic N) is 2. The first-order chi connectivity index (χ1) is 11.1. The number of hydrogen-bond acceptors (Lipinski definition) is 5. The lowest BCUT2D eigenvalue weighted by Gasteiger charge is -2.03. The van der Waals surface area contributed by atoms with E-state index in [1.807, 2.05) is 24.3 Å². The highest BCUT2D eigenvalue weighted by Crippen LogP contribution is 2.11. The van der Waals surface area contributed by atoms with Crippen molar-refractivity contribution < 1.29 is 4.79 Å². The third kappa shape index (κ3) is 3.98. The number of carbonyl (C=O) groups is 1. The highest BCUT2D eigenvalue weighted by atomic mass is 32.2. The van der Waals surface area contributed by atoms with E-state index in [1.165, 1.54) is 17.8 Å². The van der Waals surface area contributed by atoms with Crippen molar-refractivity contribution in [3.8, 4) is 0 Å². The van der Waals surface area contributed by atoms with Crippen LogP contribution in [-0.2, 0) is 11.3 Å². The molecule has 1 aromatic carbocycles. The lowest BCUT2D eigenvalue weighted by molar-refractivity contribution is -0.118. The summed E-state index contributed by atoms with van der Waals surface area (Å²) >= 11 is 1.19. The number of carbonyl (C=O) groups excluding carboxylic acids is 1. The molecule has 3 N–H and O–H groups in total. The van der Waals surface area contributed by atoms with Crippen molar-refractivity contribution in [2.75, 3.05) is 5.75 Å². The summed E-state index contributed by atoms with van der Waals surface area (Å²) in [5.74, 6) is 0.721. The lowest BCUT2D eigenvalue weighted by atomic mass is 10.3. The predicted octanol–water partition coefficient (Wildman–Crippen LogP) is 1.36. The molecule has 7 nitrogen and oxygen atoms in total. The number of para-hydroxylation sites is 2. The average molecular weight is 329 g/mol. The van der Waals surface area contributed by atoms with Crippen molar-refractivity contribution in [2.45, 2.75) is 18.6 Å². The first-order valence-corrected chi connectivity index (χ1v) is 8.00. The quantitative estimate of drug-likeness (QED) is 0.484. The maximum absolute atomic E-state index is 11.9. The Morgan fingerprint density at radius 1 is 1.26 bits per heavy atom. The van der Waals surface area contributed by atoms with Crippen LogP contribution in [0.4, 0.5) is 0 Å². The zero-order valence-corrected chi connectivity index (χ0v) is 13.2. The van der Waals surface area contributed by atoms with Gasteiger partial charge in [0.05, 0.1) is 23.3 Å². The number of aromatic amines is 2. The van der Waals surface area contributed by atoms with E-state index in [9.17, 15) is 9.59 Å². The number of thioether (sulfide) groups is 1. The minimum absolute atomic E-state index is 0.153. The Bertz CT molecular complexity index is 869. The summed E-state index contributed by atoms with van der Waals surface area (Å²) < 4.78 is 0. The molecule has 0 radical (unpaired) electrons. The van der Waals surface area contributed by atoms with E-state index >= 15 is 0 Å². The Hall–Kier alpha value is -2.61. The van der Waals surface area contributed by atoms with Crippen LogP contribution in [0, 0.1) is 6.92 Å². The summed E-state index contributed by atoms with van der Waals surface area (Å²) in [6.45, 7) is 2.06. The fraction of sp³-hybridized carbons (Fsp3) is 0.200. The molecule has 0 bridgehead atoms. The number of H-pyrrole nitrogens is 2. The number of aromatic nitrogens is 4. The normalized spacial score (nSPS) is 10.8. The topological polar surface area (TPSA) is 104 Å². The smallest absolute Gasteiger partial charge is 0.251 e. The second-order valence-electron chi connectivity index (χ2n) is 4.96. The van der Waals surface area contributed by atoms with Crippen molar-refractivity contribution in [3.05, 3.63) is 52.2 Å². The van der Waals surface area contributed by atoms with Crippen LogP contribution in [-0.4, -0.2) is 31.6 Å². The minimum Gasteiger partial charge on any atom is -0.348 e. The number of nitrogens with one attached hydrogen (secondary N) is 3. The lowest BCUT2D eigenvalue weighted by Crippen LogP contribution is -2.25. The maximum atomic E-state index is 11.9. The van der Waals surface area contributed by atoms with Crippen LogP contribution in [0.1, 0.15) is 11.5 Å². The molecule has 3 rings (SSSR count). The van der Waals surface area contributed by atoms with E-state index in [-0.39, 0.29) is 17.2 Å². The van der Waals surface area contributed by atoms with Crippen LogP contribution < -0.4 is 10.9 Å². The molecule has 0 saturated heterocycles. The molecule has 3 aromatic rings. The van der Waals surface area contributed by atoms with Gasteiger partial charge in [-0.1, -0.05) is 23.9 Å². The zero-order chi connectivity index (χ0) is 16.2. The standard InChI is InChI=1S/C15H15N5O2S/c1-9-6-13(21)20-15(17-9)23-8-14(22)16-7-12-18-10-4-2-3-5-11(10)19-12/h2-6H,7-8H2,1H3,(H,16,22)(H,18,19)(H,17,20,21). The fourth-order valence-corrected chi connectivity index (χ4v) is 2.83. The van der Waals surface area contributed by atoms with E-state index in [1.54, 1.807) is 6.92 Å². The molecule has 8 heteroatoms. The van der Waals surface area contributed by atoms with Crippen LogP contribution in [0.5, 0.6) is 0 Å². The molecule has 0 aliphatic heterocycles. The third-order valence-electron chi connectivity index (χ3n) is 3.08. The summed E-state index contributed by atoms with van der Waals surface area (Å²) in [7, 11) is 0. The molecule has 2 aromatic heterocycles. The first kappa shape index (κ1) is 15.3. The maximum Gasteiger partial charge on any atom is 0.251 e. The summed E-state index contributed by atoms with van der Waals surface area (Å²) in [5.41, 5.74) is 2.21. The van der Waals surface area contributed by atoms with E-state index in [2.05, 4.69) is 25.3 Å². The molecule has 2 heterocycles. The minimum atomic E-state index is -0.220. The van der Waals surface area contributed by atoms with Gasteiger partial charge in [0.2, 0.25) is 5.91 Å². The summed E-state index contributed by atoms with van der Waals surface area (Å²) in [6, 6.07) is 9.09. The van der Waals surface area contributed by atoms with Gasteiger partial charge in [0, 0.05) is 11.8 Å². The van der Waals surface area contributed by atoms with E-state index < -0.39 is 0 Å². The van der Waals surface area contributed by atoms with E-state index in [0.29, 0.717) is 23.2 Å². The number of imidazole rings is 1. The van der Waals surface area contributed by atoms with Crippen LogP contribution in [0.15, 0.2) is 40.3 Å². The number of fused-ring (bicyclic) bond motifs is 1. The molecule has 1 amide bonds. The zero-order valence-electron chi connectivity index (χ0n) is 12.4. The Kier molecular flexibility index (Phi) is 4.42. The Labute approximate surface area is 135 Å². The summed E-state index contributed by atoms with van der Waals surface area (Å²) in [5, 5.41) is 3.22. The highest BCUT2D eigenvalue weighted by molar-refractivity contribution is 7.99. The van der Waals surface area contributed by atoms with Crippen molar-refractivity contribution in [3.63, 3.8) is 0 Å². The molecule has 0 fully saturated rings. The second kappa shape index (κ2) is 6.66. The molecule has 118 valence electrons. The van der Waals surface area contributed by atoms with Gasteiger partial charge in [0.25, 0.3) is 5.56 Å². The number of aryl methyl sites for hydroxylation is 1. The molecule has 23 heavy (non-hydrogen) atoms. The third-order valence-corrected chi connectivity index (χ3v) is 3.95. The van der Waals surface area contributed by atoms with Gasteiger partial charge in [0.1, 0.15) is 5.82 Å². The van der Waals surface area contributed by atoms with E-state index in [0.717, 1.165) is 11.0 Å². The molecule has 0 spiro atoms. The Morgan fingerprint density at radius 3 is 2.87 bits per heavy atom. The highest BCUT2D eigenvalue weighted by Gasteiger charge is 2.07. The largest absolute Gasteiger partial charge is 0.348 e. The number of benzene rings is 1. The van der Waals surface area contributed by atoms with Crippen molar-refractivity contribution in [2.24, 2.45) is 0 Å². The fourth-order valence-electron chi connectivity index (χ4n) is 2.08. The van der Waals surface area contributed by atoms with Gasteiger partial charge in [-0.05, 0) is 19.1 Å². The monoisotopic (exact) mass is 329 g/mol. The predicted molar refractivity (Wildman–Crippen MR) is 88.3 cm³/mol. The van der Waals surface area contributed by atoms with Crippen molar-refractivity contribution >= 4 is 28.7 Å². The van der Waals surface area contributed by atoms with Crippen LogP contribution in [0.3, 0.4) is 0 Å². The Morgan fingerprint density at radius 2 is 2.09 bits per heavy atom. The van der Waals surface area contributed by atoms with Crippen molar-refractivity contribution in [1.82, 2.24) is 25.3 Å². The number of rotatable bonds is 5. The number of amides is 1. The molecule has 0 atom stereocenters. The van der Waals surface area contributed by atoms with Crippen LogP contribution >= 0.6 is 11.8 Å². The van der Waals surface area contributed by atoms with Gasteiger partial charge in [-0.15, -0.1) is 0 Å². The molecular formula is C15H15N5O2S. The molecule has 0 aliphatic carbocycles. The Balaban J connectivity index is 1.54. The van der Waals surface area contributed by atoms with Gasteiger partial charge >= 0.3 is 0 Å². The van der Waals surface area contributed by atoms with Crippen LogP contribution in [0.2, 0.25) is 0 Å².